The smallest absolute Gasteiger partial charge is 0.329 e. The summed E-state index contributed by atoms with van der Waals surface area (Å²) < 4.78 is 14.8. The minimum Gasteiger partial charge on any atom is -0.478 e. The van der Waals surface area contributed by atoms with Gasteiger partial charge in [-0.1, -0.05) is 6.07 Å². The summed E-state index contributed by atoms with van der Waals surface area (Å²) in [6, 6.07) is 10.1. The molecule has 8 nitrogen and oxygen atoms in total. The number of aromatic nitrogens is 4. The second-order valence-electron chi connectivity index (χ2n) is 8.14. The number of nitrogens with one attached hydrogen (secondary N) is 1. The average Bonchev–Trinajstić information content (AvgIpc) is 3.44. The van der Waals surface area contributed by atoms with E-state index in [2.05, 4.69) is 21.4 Å². The van der Waals surface area contributed by atoms with Gasteiger partial charge in [-0.3, -0.25) is 14.1 Å². The highest BCUT2D eigenvalue weighted by Crippen LogP contribution is 2.31. The van der Waals surface area contributed by atoms with Gasteiger partial charge in [-0.2, -0.15) is 0 Å². The molecule has 0 saturated carbocycles. The van der Waals surface area contributed by atoms with E-state index in [4.69, 9.17) is 9.47 Å². The molecule has 5 rings (SSSR count). The van der Waals surface area contributed by atoms with E-state index in [1.165, 1.54) is 0 Å². The number of fused-ring (bicyclic) bond motifs is 3. The Bertz CT molecular complexity index is 1300. The number of benzene rings is 1. The van der Waals surface area contributed by atoms with Crippen molar-refractivity contribution in [3.63, 3.8) is 0 Å². The van der Waals surface area contributed by atoms with Gasteiger partial charge in [0.15, 0.2) is 0 Å². The van der Waals surface area contributed by atoms with Crippen LogP contribution < -0.4 is 15.7 Å². The number of ether oxygens (including phenoxy) is 2. The molecule has 0 amide bonds. The van der Waals surface area contributed by atoms with E-state index >= 15 is 0 Å². The van der Waals surface area contributed by atoms with Gasteiger partial charge in [0.25, 0.3) is 0 Å². The van der Waals surface area contributed by atoms with E-state index in [0.717, 1.165) is 52.4 Å². The fourth-order valence-corrected chi connectivity index (χ4v) is 4.33. The van der Waals surface area contributed by atoms with Gasteiger partial charge in [-0.05, 0) is 50.2 Å². The molecule has 1 N–H and O–H groups in total. The zero-order chi connectivity index (χ0) is 22.1. The monoisotopic (exact) mass is 433 g/mol. The van der Waals surface area contributed by atoms with Crippen LogP contribution in [0.25, 0.3) is 33.1 Å². The molecule has 1 atom stereocenters. The molecule has 4 aromatic rings. The first-order chi connectivity index (χ1) is 15.7. The number of nitrogens with zero attached hydrogens (tertiary/aromatic N) is 4. The zero-order valence-electron chi connectivity index (χ0n) is 18.4. The first kappa shape index (κ1) is 20.7. The highest BCUT2D eigenvalue weighted by Gasteiger charge is 2.24. The molecule has 1 aliphatic heterocycles. The summed E-state index contributed by atoms with van der Waals surface area (Å²) in [6.45, 7) is 2.78. The fraction of sp³-hybridized carbons (Fsp3) is 0.375. The lowest BCUT2D eigenvalue weighted by Crippen LogP contribution is -2.26. The third kappa shape index (κ3) is 3.65. The predicted molar refractivity (Wildman–Crippen MR) is 124 cm³/mol. The van der Waals surface area contributed by atoms with Crippen molar-refractivity contribution in [3.05, 3.63) is 53.2 Å². The van der Waals surface area contributed by atoms with E-state index < -0.39 is 0 Å². The Hall–Kier alpha value is -3.23. The van der Waals surface area contributed by atoms with Gasteiger partial charge in [-0.15, -0.1) is 0 Å². The van der Waals surface area contributed by atoms with Crippen LogP contribution in [0.15, 0.2) is 47.5 Å². The van der Waals surface area contributed by atoms with Gasteiger partial charge in [0.05, 0.1) is 42.0 Å². The summed E-state index contributed by atoms with van der Waals surface area (Å²) in [5, 5.41) is 4.06. The molecule has 3 aromatic heterocycles. The van der Waals surface area contributed by atoms with Crippen molar-refractivity contribution in [2.24, 2.45) is 7.05 Å². The molecule has 32 heavy (non-hydrogen) atoms. The largest absolute Gasteiger partial charge is 0.478 e. The number of imidazole rings is 1. The molecule has 0 unspecified atom stereocenters. The van der Waals surface area contributed by atoms with Crippen LogP contribution >= 0.6 is 0 Å². The van der Waals surface area contributed by atoms with Crippen LogP contribution in [0.4, 0.5) is 0 Å². The maximum atomic E-state index is 13.1. The molecule has 4 heterocycles. The Kier molecular flexibility index (Phi) is 5.63. The van der Waals surface area contributed by atoms with E-state index in [1.807, 2.05) is 42.1 Å². The summed E-state index contributed by atoms with van der Waals surface area (Å²) in [6.07, 6.45) is 5.37. The third-order valence-corrected chi connectivity index (χ3v) is 6.08. The Labute approximate surface area is 185 Å². The van der Waals surface area contributed by atoms with E-state index in [1.54, 1.807) is 17.8 Å². The highest BCUT2D eigenvalue weighted by atomic mass is 16.5. The molecule has 0 aliphatic carbocycles. The molecule has 1 saturated heterocycles. The predicted octanol–water partition coefficient (Wildman–Crippen LogP) is 2.90. The molecule has 1 fully saturated rings. The molecule has 0 spiro atoms. The number of hydrogen-bond acceptors (Lipinski definition) is 6. The molecular formula is C24H27N5O3. The SMILES string of the molecule is CNCCCOc1ccc(-c2ccc3ncc4c(c3c2)n([C@H]2CCOC2)c(=O)n4C)cn1. The van der Waals surface area contributed by atoms with Crippen molar-refractivity contribution < 1.29 is 9.47 Å². The average molecular weight is 434 g/mol. The van der Waals surface area contributed by atoms with Gasteiger partial charge in [0.2, 0.25) is 5.88 Å². The number of rotatable bonds is 7. The number of pyridine rings is 2. The normalized spacial score (nSPS) is 16.2. The summed E-state index contributed by atoms with van der Waals surface area (Å²) >= 11 is 0. The lowest BCUT2D eigenvalue weighted by atomic mass is 10.0. The molecule has 166 valence electrons. The summed E-state index contributed by atoms with van der Waals surface area (Å²) in [5.41, 5.74) is 4.58. The van der Waals surface area contributed by atoms with Gasteiger partial charge in [0, 0.05) is 36.9 Å². The van der Waals surface area contributed by atoms with E-state index in [9.17, 15) is 4.79 Å². The lowest BCUT2D eigenvalue weighted by molar-refractivity contribution is 0.186. The zero-order valence-corrected chi connectivity index (χ0v) is 18.4. The molecule has 0 radical (unpaired) electrons. The quantitative estimate of drug-likeness (QED) is 0.451. The number of aryl methyl sites for hydroxylation is 1. The second kappa shape index (κ2) is 8.72. The number of hydrogen-bond donors (Lipinski definition) is 1. The fourth-order valence-electron chi connectivity index (χ4n) is 4.33. The molecule has 0 bridgehead atoms. The maximum Gasteiger partial charge on any atom is 0.329 e. The summed E-state index contributed by atoms with van der Waals surface area (Å²) in [4.78, 5) is 22.1. The van der Waals surface area contributed by atoms with Crippen molar-refractivity contribution in [1.29, 1.82) is 0 Å². The van der Waals surface area contributed by atoms with E-state index in [0.29, 0.717) is 25.7 Å². The maximum absolute atomic E-state index is 13.1. The standard InChI is InChI=1S/C24H27N5O3/c1-25-9-3-10-32-22-7-5-17(13-27-22)16-4-6-20-19(12-16)23-21(14-26-20)28(2)24(30)29(23)18-8-11-31-15-18/h4-7,12-14,18,25H,3,8-11,15H2,1-2H3/t18-/m0/s1. The van der Waals surface area contributed by atoms with Crippen molar-refractivity contribution in [3.8, 4) is 17.0 Å². The minimum absolute atomic E-state index is 0.0309. The Morgan fingerprint density at radius 2 is 2.06 bits per heavy atom. The highest BCUT2D eigenvalue weighted by molar-refractivity contribution is 6.04. The van der Waals surface area contributed by atoms with Crippen LogP contribution in [0.1, 0.15) is 18.9 Å². The van der Waals surface area contributed by atoms with Crippen molar-refractivity contribution in [2.75, 3.05) is 33.4 Å². The van der Waals surface area contributed by atoms with Gasteiger partial charge >= 0.3 is 5.69 Å². The Morgan fingerprint density at radius 3 is 2.81 bits per heavy atom. The van der Waals surface area contributed by atoms with Crippen molar-refractivity contribution >= 4 is 21.9 Å². The van der Waals surface area contributed by atoms with Crippen molar-refractivity contribution in [2.45, 2.75) is 18.9 Å². The first-order valence-electron chi connectivity index (χ1n) is 11.0. The van der Waals surface area contributed by atoms with Crippen LogP contribution in [-0.2, 0) is 11.8 Å². The van der Waals surface area contributed by atoms with Gasteiger partial charge in [-0.25, -0.2) is 9.78 Å². The third-order valence-electron chi connectivity index (χ3n) is 6.08. The molecule has 8 heteroatoms. The van der Waals surface area contributed by atoms with Crippen LogP contribution in [0.2, 0.25) is 0 Å². The molecule has 1 aliphatic rings. The molecule has 1 aromatic carbocycles. The van der Waals surface area contributed by atoms with Crippen LogP contribution in [0.5, 0.6) is 5.88 Å². The molecular weight excluding hydrogens is 406 g/mol. The van der Waals surface area contributed by atoms with Crippen LogP contribution in [-0.4, -0.2) is 52.5 Å². The summed E-state index contributed by atoms with van der Waals surface area (Å²) in [7, 11) is 3.73. The van der Waals surface area contributed by atoms with Crippen LogP contribution in [0, 0.1) is 0 Å². The Morgan fingerprint density at radius 1 is 1.19 bits per heavy atom. The van der Waals surface area contributed by atoms with Gasteiger partial charge in [0.1, 0.15) is 0 Å². The second-order valence-corrected chi connectivity index (χ2v) is 8.14. The lowest BCUT2D eigenvalue weighted by Gasteiger charge is -2.12. The van der Waals surface area contributed by atoms with Crippen LogP contribution in [0.3, 0.4) is 0 Å². The minimum atomic E-state index is -0.0309. The first-order valence-corrected chi connectivity index (χ1v) is 11.0. The van der Waals surface area contributed by atoms with Gasteiger partial charge < -0.3 is 14.8 Å². The Balaban J connectivity index is 1.55. The van der Waals surface area contributed by atoms with Crippen molar-refractivity contribution in [1.82, 2.24) is 24.4 Å². The summed E-state index contributed by atoms with van der Waals surface area (Å²) in [5.74, 6) is 0.618. The van der Waals surface area contributed by atoms with E-state index in [-0.39, 0.29) is 11.7 Å². The topological polar surface area (TPSA) is 83.2 Å².